The van der Waals surface area contributed by atoms with Crippen LogP contribution in [0.1, 0.15) is 52.4 Å². The number of allylic oxidation sites excluding steroid dienone is 2. The number of hydrogen-bond acceptors (Lipinski definition) is 2. The maximum absolute atomic E-state index is 13.0. The highest BCUT2D eigenvalue weighted by molar-refractivity contribution is 5.88. The van der Waals surface area contributed by atoms with E-state index in [-0.39, 0.29) is 23.7 Å². The third-order valence-corrected chi connectivity index (χ3v) is 4.38. The van der Waals surface area contributed by atoms with Crippen molar-refractivity contribution in [3.05, 3.63) is 12.2 Å². The predicted molar refractivity (Wildman–Crippen MR) is 90.4 cm³/mol. The number of amides is 2. The molecule has 0 aromatic rings. The van der Waals surface area contributed by atoms with Crippen molar-refractivity contribution < 1.29 is 9.59 Å². The van der Waals surface area contributed by atoms with E-state index >= 15 is 0 Å². The number of rotatable bonds is 8. The van der Waals surface area contributed by atoms with Crippen LogP contribution in [0.15, 0.2) is 12.2 Å². The molecule has 2 unspecified atom stereocenters. The zero-order chi connectivity index (χ0) is 16.5. The minimum absolute atomic E-state index is 0.0774. The zero-order valence-corrected chi connectivity index (χ0v) is 14.7. The quantitative estimate of drug-likeness (QED) is 0.647. The molecule has 0 heterocycles. The first kappa shape index (κ1) is 18.7. The lowest BCUT2D eigenvalue weighted by Crippen LogP contribution is -2.45. The number of unbranched alkanes of at least 4 members (excludes halogenated alkanes) is 2. The Kier molecular flexibility index (Phi) is 8.21. The Labute approximate surface area is 135 Å². The lowest BCUT2D eigenvalue weighted by molar-refractivity contribution is -0.145. The molecule has 0 aromatic carbocycles. The second kappa shape index (κ2) is 9.65. The van der Waals surface area contributed by atoms with Gasteiger partial charge in [-0.05, 0) is 25.7 Å². The molecule has 1 rings (SSSR count). The molecule has 1 aliphatic carbocycles. The number of hydrogen-bond donors (Lipinski definition) is 0. The maximum Gasteiger partial charge on any atom is 0.226 e. The fraction of sp³-hybridized carbons (Fsp3) is 0.778. The maximum atomic E-state index is 13.0. The van der Waals surface area contributed by atoms with Gasteiger partial charge in [0, 0.05) is 27.2 Å². The number of carbonyl (C=O) groups excluding carboxylic acids is 2. The van der Waals surface area contributed by atoms with Crippen LogP contribution in [0, 0.1) is 11.8 Å². The molecule has 2 atom stereocenters. The van der Waals surface area contributed by atoms with Gasteiger partial charge in [0.25, 0.3) is 0 Å². The molecule has 22 heavy (non-hydrogen) atoms. The predicted octanol–water partition coefficient (Wildman–Crippen LogP) is 3.09. The van der Waals surface area contributed by atoms with Crippen molar-refractivity contribution in [2.24, 2.45) is 11.8 Å². The summed E-state index contributed by atoms with van der Waals surface area (Å²) in [5.41, 5.74) is 0. The lowest BCUT2D eigenvalue weighted by atomic mass is 9.81. The topological polar surface area (TPSA) is 40.6 Å². The summed E-state index contributed by atoms with van der Waals surface area (Å²) in [7, 11) is 3.54. The highest BCUT2D eigenvalue weighted by atomic mass is 16.2. The Balaban J connectivity index is 2.83. The van der Waals surface area contributed by atoms with Gasteiger partial charge < -0.3 is 9.80 Å². The Morgan fingerprint density at radius 2 is 1.36 bits per heavy atom. The fourth-order valence-corrected chi connectivity index (χ4v) is 2.96. The Morgan fingerprint density at radius 3 is 1.77 bits per heavy atom. The van der Waals surface area contributed by atoms with Crippen LogP contribution in [0.25, 0.3) is 0 Å². The summed E-state index contributed by atoms with van der Waals surface area (Å²) in [5.74, 6) is -0.132. The second-order valence-corrected chi connectivity index (χ2v) is 6.42. The number of carbonyl (C=O) groups is 2. The van der Waals surface area contributed by atoms with Crippen LogP contribution in [-0.2, 0) is 9.59 Å². The highest BCUT2D eigenvalue weighted by Crippen LogP contribution is 2.29. The van der Waals surface area contributed by atoms with Gasteiger partial charge in [0.15, 0.2) is 0 Å². The van der Waals surface area contributed by atoms with E-state index in [1.807, 2.05) is 11.0 Å². The Morgan fingerprint density at radius 1 is 0.909 bits per heavy atom. The summed E-state index contributed by atoms with van der Waals surface area (Å²) < 4.78 is 0. The van der Waals surface area contributed by atoms with Gasteiger partial charge in [-0.3, -0.25) is 9.59 Å². The third kappa shape index (κ3) is 5.15. The molecule has 0 saturated heterocycles. The smallest absolute Gasteiger partial charge is 0.226 e. The van der Waals surface area contributed by atoms with Gasteiger partial charge in [-0.25, -0.2) is 0 Å². The first-order valence-electron chi connectivity index (χ1n) is 8.67. The van der Waals surface area contributed by atoms with Crippen LogP contribution in [-0.4, -0.2) is 48.8 Å². The summed E-state index contributed by atoms with van der Waals surface area (Å²) in [4.78, 5) is 29.0. The van der Waals surface area contributed by atoms with Gasteiger partial charge in [0.2, 0.25) is 11.8 Å². The van der Waals surface area contributed by atoms with E-state index in [0.29, 0.717) is 12.8 Å². The van der Waals surface area contributed by atoms with Crippen LogP contribution < -0.4 is 0 Å². The first-order valence-corrected chi connectivity index (χ1v) is 8.67. The molecule has 0 saturated carbocycles. The largest absolute Gasteiger partial charge is 0.349 e. The molecule has 0 aliphatic heterocycles. The van der Waals surface area contributed by atoms with Crippen LogP contribution in [0.2, 0.25) is 0 Å². The molecule has 2 amide bonds. The zero-order valence-electron chi connectivity index (χ0n) is 14.7. The van der Waals surface area contributed by atoms with Gasteiger partial charge in [-0.1, -0.05) is 38.8 Å². The summed E-state index contributed by atoms with van der Waals surface area (Å²) in [5, 5.41) is 0. The standard InChI is InChI=1S/C18H32N2O2/c1-5-7-13-20(14-8-6-2)18(22)16-12-10-9-11-15(16)17(21)19(3)4/h9-10,15-16H,5-8,11-14H2,1-4H3. The van der Waals surface area contributed by atoms with Gasteiger partial charge in [0.1, 0.15) is 0 Å². The monoisotopic (exact) mass is 308 g/mol. The molecule has 4 nitrogen and oxygen atoms in total. The summed E-state index contributed by atoms with van der Waals surface area (Å²) in [6.07, 6.45) is 9.70. The van der Waals surface area contributed by atoms with Crippen molar-refractivity contribution in [1.82, 2.24) is 9.80 Å². The highest BCUT2D eigenvalue weighted by Gasteiger charge is 2.36. The van der Waals surface area contributed by atoms with E-state index in [1.165, 1.54) is 0 Å². The summed E-state index contributed by atoms with van der Waals surface area (Å²) in [6.45, 7) is 5.92. The van der Waals surface area contributed by atoms with Crippen molar-refractivity contribution in [2.75, 3.05) is 27.2 Å². The first-order chi connectivity index (χ1) is 10.5. The van der Waals surface area contributed by atoms with Gasteiger partial charge in [-0.15, -0.1) is 0 Å². The van der Waals surface area contributed by atoms with Crippen molar-refractivity contribution in [2.45, 2.75) is 52.4 Å². The average molecular weight is 308 g/mol. The van der Waals surface area contributed by atoms with E-state index in [2.05, 4.69) is 19.9 Å². The van der Waals surface area contributed by atoms with E-state index in [9.17, 15) is 9.59 Å². The van der Waals surface area contributed by atoms with Crippen molar-refractivity contribution in [1.29, 1.82) is 0 Å². The Bertz CT molecular complexity index is 383. The van der Waals surface area contributed by atoms with Crippen LogP contribution >= 0.6 is 0 Å². The van der Waals surface area contributed by atoms with Gasteiger partial charge in [0.05, 0.1) is 11.8 Å². The lowest BCUT2D eigenvalue weighted by Gasteiger charge is -2.33. The molecule has 126 valence electrons. The SMILES string of the molecule is CCCCN(CCCC)C(=O)C1CC=CCC1C(=O)N(C)C. The van der Waals surface area contributed by atoms with Crippen molar-refractivity contribution >= 4 is 11.8 Å². The Hall–Kier alpha value is -1.32. The molecule has 0 aromatic heterocycles. The summed E-state index contributed by atoms with van der Waals surface area (Å²) >= 11 is 0. The third-order valence-electron chi connectivity index (χ3n) is 4.38. The molecular weight excluding hydrogens is 276 g/mol. The second-order valence-electron chi connectivity index (χ2n) is 6.42. The van der Waals surface area contributed by atoms with Crippen LogP contribution in [0.5, 0.6) is 0 Å². The van der Waals surface area contributed by atoms with E-state index in [1.54, 1.807) is 19.0 Å². The minimum Gasteiger partial charge on any atom is -0.349 e. The van der Waals surface area contributed by atoms with Crippen LogP contribution in [0.3, 0.4) is 0 Å². The minimum atomic E-state index is -0.196. The van der Waals surface area contributed by atoms with Gasteiger partial charge in [-0.2, -0.15) is 0 Å². The molecule has 1 aliphatic rings. The number of nitrogens with zero attached hydrogens (tertiary/aromatic N) is 2. The van der Waals surface area contributed by atoms with Crippen molar-refractivity contribution in [3.63, 3.8) is 0 Å². The average Bonchev–Trinajstić information content (AvgIpc) is 2.53. The molecule has 0 N–H and O–H groups in total. The van der Waals surface area contributed by atoms with Crippen LogP contribution in [0.4, 0.5) is 0 Å². The van der Waals surface area contributed by atoms with Gasteiger partial charge >= 0.3 is 0 Å². The fourth-order valence-electron chi connectivity index (χ4n) is 2.96. The molecule has 0 bridgehead atoms. The molecule has 4 heteroatoms. The van der Waals surface area contributed by atoms with E-state index in [0.717, 1.165) is 38.8 Å². The normalized spacial score (nSPS) is 20.7. The molecule has 0 spiro atoms. The van der Waals surface area contributed by atoms with Crippen molar-refractivity contribution in [3.8, 4) is 0 Å². The molecule has 0 fully saturated rings. The molecule has 0 radical (unpaired) electrons. The van der Waals surface area contributed by atoms with E-state index < -0.39 is 0 Å². The summed E-state index contributed by atoms with van der Waals surface area (Å²) in [6, 6.07) is 0. The molecular formula is C18H32N2O2. The van der Waals surface area contributed by atoms with E-state index in [4.69, 9.17) is 0 Å².